The van der Waals surface area contributed by atoms with Crippen LogP contribution in [-0.2, 0) is 21.2 Å². The Morgan fingerprint density at radius 2 is 1.93 bits per heavy atom. The number of anilines is 2. The number of hydrogen-bond donors (Lipinski definition) is 1. The normalized spacial score (nSPS) is 11.3. The first-order valence-electron chi connectivity index (χ1n) is 8.15. The molecule has 2 aromatic heterocycles. The number of thiazole rings is 1. The monoisotopic (exact) mass is 421 g/mol. The van der Waals surface area contributed by atoms with Crippen LogP contribution in [0.15, 0.2) is 47.2 Å². The number of aromatic nitrogens is 1. The number of benzene rings is 1. The molecule has 9 heteroatoms. The molecule has 0 aliphatic rings. The van der Waals surface area contributed by atoms with Crippen molar-refractivity contribution in [1.29, 1.82) is 0 Å². The van der Waals surface area contributed by atoms with Crippen LogP contribution in [-0.4, -0.2) is 32.6 Å². The van der Waals surface area contributed by atoms with Gasteiger partial charge in [0, 0.05) is 29.3 Å². The molecule has 0 fully saturated rings. The summed E-state index contributed by atoms with van der Waals surface area (Å²) in [7, 11) is -1.78. The molecular weight excluding hydrogens is 402 g/mol. The molecule has 3 rings (SSSR count). The number of thiophene rings is 1. The standard InChI is InChI=1S/C18H19N3O3S3/c1-21(27(2,23)24)14-7-5-13(6-8-14)16-12-26-18(19-16)20-17(22)10-9-15-4-3-11-25-15/h3-8,11-12H,9-10H2,1-2H3,(H,19,20,22). The van der Waals surface area contributed by atoms with Crippen molar-refractivity contribution in [2.45, 2.75) is 12.8 Å². The molecule has 142 valence electrons. The molecule has 1 aromatic carbocycles. The summed E-state index contributed by atoms with van der Waals surface area (Å²) in [6.45, 7) is 0. The lowest BCUT2D eigenvalue weighted by Crippen LogP contribution is -2.24. The van der Waals surface area contributed by atoms with E-state index in [0.29, 0.717) is 17.2 Å². The maximum Gasteiger partial charge on any atom is 0.231 e. The highest BCUT2D eigenvalue weighted by Crippen LogP contribution is 2.27. The largest absolute Gasteiger partial charge is 0.302 e. The van der Waals surface area contributed by atoms with Gasteiger partial charge in [0.05, 0.1) is 17.6 Å². The lowest BCUT2D eigenvalue weighted by molar-refractivity contribution is -0.116. The quantitative estimate of drug-likeness (QED) is 0.629. The fraction of sp³-hybridized carbons (Fsp3) is 0.222. The molecule has 0 aliphatic carbocycles. The van der Waals surface area contributed by atoms with Crippen LogP contribution in [0.2, 0.25) is 0 Å². The lowest BCUT2D eigenvalue weighted by Gasteiger charge is -2.16. The summed E-state index contributed by atoms with van der Waals surface area (Å²) < 4.78 is 24.4. The minimum absolute atomic E-state index is 0.0607. The van der Waals surface area contributed by atoms with E-state index in [9.17, 15) is 13.2 Å². The maximum absolute atomic E-state index is 12.1. The Hall–Kier alpha value is -2.23. The first-order valence-corrected chi connectivity index (χ1v) is 11.8. The number of amides is 1. The van der Waals surface area contributed by atoms with Crippen molar-refractivity contribution in [2.75, 3.05) is 22.9 Å². The van der Waals surface area contributed by atoms with Crippen molar-refractivity contribution in [3.05, 3.63) is 52.0 Å². The van der Waals surface area contributed by atoms with Crippen LogP contribution in [0.1, 0.15) is 11.3 Å². The minimum atomic E-state index is -3.29. The Labute approximate surface area is 166 Å². The van der Waals surface area contributed by atoms with Crippen molar-refractivity contribution in [3.8, 4) is 11.3 Å². The van der Waals surface area contributed by atoms with Gasteiger partial charge in [-0.25, -0.2) is 13.4 Å². The van der Waals surface area contributed by atoms with Crippen LogP contribution in [0.25, 0.3) is 11.3 Å². The zero-order valence-corrected chi connectivity index (χ0v) is 17.3. The molecule has 0 spiro atoms. The van der Waals surface area contributed by atoms with E-state index < -0.39 is 10.0 Å². The van der Waals surface area contributed by atoms with Gasteiger partial charge in [-0.05, 0) is 30.0 Å². The molecule has 1 amide bonds. The summed E-state index contributed by atoms with van der Waals surface area (Å²) in [6, 6.07) is 11.1. The zero-order chi connectivity index (χ0) is 19.4. The van der Waals surface area contributed by atoms with E-state index in [4.69, 9.17) is 0 Å². The van der Waals surface area contributed by atoms with E-state index in [1.807, 2.05) is 35.0 Å². The third-order valence-corrected chi connectivity index (χ3v) is 6.85. The summed E-state index contributed by atoms with van der Waals surface area (Å²) in [5, 5.41) is 7.25. The number of nitrogens with zero attached hydrogens (tertiary/aromatic N) is 2. The fourth-order valence-corrected chi connectivity index (χ4v) is 4.32. The van der Waals surface area contributed by atoms with E-state index >= 15 is 0 Å². The molecule has 0 saturated carbocycles. The zero-order valence-electron chi connectivity index (χ0n) is 14.9. The third kappa shape index (κ3) is 5.15. The topological polar surface area (TPSA) is 79.4 Å². The smallest absolute Gasteiger partial charge is 0.231 e. The molecule has 0 radical (unpaired) electrons. The Kier molecular flexibility index (Phi) is 5.93. The van der Waals surface area contributed by atoms with Crippen molar-refractivity contribution in [1.82, 2.24) is 4.98 Å². The number of hydrogen-bond acceptors (Lipinski definition) is 6. The molecule has 1 N–H and O–H groups in total. The van der Waals surface area contributed by atoms with Gasteiger partial charge in [0.15, 0.2) is 5.13 Å². The maximum atomic E-state index is 12.1. The molecule has 0 aliphatic heterocycles. The van der Waals surface area contributed by atoms with Gasteiger partial charge in [-0.3, -0.25) is 9.10 Å². The Bertz CT molecular complexity index is 1010. The summed E-state index contributed by atoms with van der Waals surface area (Å²) in [5.74, 6) is -0.0607. The summed E-state index contributed by atoms with van der Waals surface area (Å²) in [5.41, 5.74) is 2.18. The summed E-state index contributed by atoms with van der Waals surface area (Å²) in [6.07, 6.45) is 2.30. The van der Waals surface area contributed by atoms with Crippen molar-refractivity contribution in [2.24, 2.45) is 0 Å². The third-order valence-electron chi connectivity index (χ3n) is 3.95. The van der Waals surface area contributed by atoms with Gasteiger partial charge in [-0.15, -0.1) is 22.7 Å². The minimum Gasteiger partial charge on any atom is -0.302 e. The molecule has 6 nitrogen and oxygen atoms in total. The van der Waals surface area contributed by atoms with Crippen molar-refractivity contribution >= 4 is 49.4 Å². The molecule has 0 unspecified atom stereocenters. The van der Waals surface area contributed by atoms with Crippen LogP contribution in [0, 0.1) is 0 Å². The number of nitrogens with one attached hydrogen (secondary N) is 1. The first kappa shape index (κ1) is 19.5. The van der Waals surface area contributed by atoms with E-state index in [1.54, 1.807) is 23.5 Å². The highest BCUT2D eigenvalue weighted by atomic mass is 32.2. The van der Waals surface area contributed by atoms with E-state index in [-0.39, 0.29) is 5.91 Å². The molecule has 2 heterocycles. The van der Waals surface area contributed by atoms with Gasteiger partial charge in [0.25, 0.3) is 0 Å². The van der Waals surface area contributed by atoms with Crippen LogP contribution >= 0.6 is 22.7 Å². The van der Waals surface area contributed by atoms with Gasteiger partial charge in [0.2, 0.25) is 15.9 Å². The second-order valence-electron chi connectivity index (χ2n) is 5.94. The average Bonchev–Trinajstić information content (AvgIpc) is 3.30. The van der Waals surface area contributed by atoms with E-state index in [1.165, 1.54) is 27.6 Å². The number of sulfonamides is 1. The van der Waals surface area contributed by atoms with Crippen LogP contribution in [0.5, 0.6) is 0 Å². The van der Waals surface area contributed by atoms with Gasteiger partial charge in [-0.1, -0.05) is 18.2 Å². The molecule has 0 bridgehead atoms. The first-order chi connectivity index (χ1) is 12.8. The second kappa shape index (κ2) is 8.20. The molecule has 0 saturated heterocycles. The predicted molar refractivity (Wildman–Crippen MR) is 112 cm³/mol. The summed E-state index contributed by atoms with van der Waals surface area (Å²) >= 11 is 3.01. The number of carbonyl (C=O) groups is 1. The Balaban J connectivity index is 1.62. The number of carbonyl (C=O) groups excluding carboxylic acids is 1. The van der Waals surface area contributed by atoms with Gasteiger partial charge in [0.1, 0.15) is 0 Å². The average molecular weight is 422 g/mol. The fourth-order valence-electron chi connectivity index (χ4n) is 2.37. The van der Waals surface area contributed by atoms with Crippen molar-refractivity contribution < 1.29 is 13.2 Å². The Morgan fingerprint density at radius 3 is 2.56 bits per heavy atom. The van der Waals surface area contributed by atoms with Gasteiger partial charge in [-0.2, -0.15) is 0 Å². The van der Waals surface area contributed by atoms with Gasteiger partial charge >= 0.3 is 0 Å². The van der Waals surface area contributed by atoms with Crippen LogP contribution in [0.3, 0.4) is 0 Å². The molecule has 27 heavy (non-hydrogen) atoms. The predicted octanol–water partition coefficient (Wildman–Crippen LogP) is 3.84. The number of aryl methyl sites for hydroxylation is 1. The molecule has 0 atom stereocenters. The van der Waals surface area contributed by atoms with E-state index in [0.717, 1.165) is 23.9 Å². The number of rotatable bonds is 7. The van der Waals surface area contributed by atoms with Crippen molar-refractivity contribution in [3.63, 3.8) is 0 Å². The van der Waals surface area contributed by atoms with Crippen LogP contribution in [0.4, 0.5) is 10.8 Å². The highest BCUT2D eigenvalue weighted by Gasteiger charge is 2.13. The summed E-state index contributed by atoms with van der Waals surface area (Å²) in [4.78, 5) is 17.7. The van der Waals surface area contributed by atoms with Crippen LogP contribution < -0.4 is 9.62 Å². The molecular formula is C18H19N3O3S3. The van der Waals surface area contributed by atoms with E-state index in [2.05, 4.69) is 10.3 Å². The lowest BCUT2D eigenvalue weighted by atomic mass is 10.1. The molecule has 3 aromatic rings. The SMILES string of the molecule is CN(c1ccc(-c2csc(NC(=O)CCc3cccs3)n2)cc1)S(C)(=O)=O. The second-order valence-corrected chi connectivity index (χ2v) is 9.85. The van der Waals surface area contributed by atoms with Gasteiger partial charge < -0.3 is 5.32 Å². The Morgan fingerprint density at radius 1 is 1.19 bits per heavy atom. The highest BCUT2D eigenvalue weighted by molar-refractivity contribution is 7.92.